The van der Waals surface area contributed by atoms with Crippen molar-refractivity contribution in [1.29, 1.82) is 0 Å². The predicted octanol–water partition coefficient (Wildman–Crippen LogP) is 4.07. The summed E-state index contributed by atoms with van der Waals surface area (Å²) in [5, 5.41) is 0. The summed E-state index contributed by atoms with van der Waals surface area (Å²) in [5.74, 6) is -0.221. The Morgan fingerprint density at radius 2 is 2.26 bits per heavy atom. The highest BCUT2D eigenvalue weighted by Crippen LogP contribution is 2.33. The van der Waals surface area contributed by atoms with E-state index < -0.39 is 0 Å². The fourth-order valence-corrected chi connectivity index (χ4v) is 3.37. The summed E-state index contributed by atoms with van der Waals surface area (Å²) in [6.45, 7) is 0. The standard InChI is InChI=1S/C14H16BrFN2O/c1-19-11-4-2-3-10(7-11)18-8-17-13-6-9(15)5-12(16)14(13)18/h5-6,8,10-11H,2-4,7H2,1H3/t10-,11-/m1/s1. The number of imidazole rings is 1. The Morgan fingerprint density at radius 3 is 3.05 bits per heavy atom. The van der Waals surface area contributed by atoms with Crippen LogP contribution in [0.3, 0.4) is 0 Å². The largest absolute Gasteiger partial charge is 0.381 e. The number of rotatable bonds is 2. The first kappa shape index (κ1) is 13.1. The molecule has 2 aromatic rings. The second-order valence-corrected chi connectivity index (χ2v) is 6.00. The molecule has 0 radical (unpaired) electrons. The molecule has 1 aromatic heterocycles. The SMILES string of the molecule is CO[C@@H]1CCC[C@@H](n2cnc3cc(Br)cc(F)c32)C1. The zero-order valence-corrected chi connectivity index (χ0v) is 12.4. The van der Waals surface area contributed by atoms with Gasteiger partial charge < -0.3 is 9.30 Å². The van der Waals surface area contributed by atoms with Crippen LogP contribution in [0.1, 0.15) is 31.7 Å². The lowest BCUT2D eigenvalue weighted by molar-refractivity contribution is 0.0536. The third-order valence-electron chi connectivity index (χ3n) is 3.91. The van der Waals surface area contributed by atoms with Crippen LogP contribution in [0.15, 0.2) is 22.9 Å². The van der Waals surface area contributed by atoms with Gasteiger partial charge in [-0.2, -0.15) is 0 Å². The number of hydrogen-bond donors (Lipinski definition) is 0. The Bertz CT molecular complexity index is 598. The maximum atomic E-state index is 14.2. The van der Waals surface area contributed by atoms with E-state index in [1.807, 2.05) is 10.6 Å². The van der Waals surface area contributed by atoms with Crippen molar-refractivity contribution in [2.45, 2.75) is 37.8 Å². The maximum Gasteiger partial charge on any atom is 0.150 e. The average molecular weight is 327 g/mol. The molecule has 102 valence electrons. The lowest BCUT2D eigenvalue weighted by atomic mass is 9.92. The van der Waals surface area contributed by atoms with Crippen molar-refractivity contribution >= 4 is 27.0 Å². The number of nitrogens with zero attached hydrogens (tertiary/aromatic N) is 2. The van der Waals surface area contributed by atoms with Gasteiger partial charge in [0.15, 0.2) is 0 Å². The van der Waals surface area contributed by atoms with Crippen LogP contribution in [0.2, 0.25) is 0 Å². The summed E-state index contributed by atoms with van der Waals surface area (Å²) < 4.78 is 22.3. The average Bonchev–Trinajstić information content (AvgIpc) is 2.82. The Kier molecular flexibility index (Phi) is 3.58. The maximum absolute atomic E-state index is 14.2. The lowest BCUT2D eigenvalue weighted by Gasteiger charge is -2.29. The van der Waals surface area contributed by atoms with Crippen LogP contribution in [0, 0.1) is 5.82 Å². The molecule has 0 spiro atoms. The first-order valence-electron chi connectivity index (χ1n) is 6.53. The van der Waals surface area contributed by atoms with E-state index in [4.69, 9.17) is 4.74 Å². The first-order valence-corrected chi connectivity index (χ1v) is 7.32. The van der Waals surface area contributed by atoms with Gasteiger partial charge in [0, 0.05) is 17.6 Å². The summed E-state index contributed by atoms with van der Waals surface area (Å²) >= 11 is 3.30. The van der Waals surface area contributed by atoms with E-state index in [0.717, 1.165) is 30.2 Å². The van der Waals surface area contributed by atoms with Crippen molar-refractivity contribution in [3.05, 3.63) is 28.7 Å². The molecule has 3 rings (SSSR count). The van der Waals surface area contributed by atoms with Crippen LogP contribution in [0.4, 0.5) is 4.39 Å². The number of ether oxygens (including phenoxy) is 1. The van der Waals surface area contributed by atoms with Crippen molar-refractivity contribution in [2.24, 2.45) is 0 Å². The van der Waals surface area contributed by atoms with Gasteiger partial charge in [0.2, 0.25) is 0 Å². The molecule has 19 heavy (non-hydrogen) atoms. The molecule has 0 amide bonds. The zero-order chi connectivity index (χ0) is 13.4. The molecule has 0 aliphatic heterocycles. The number of hydrogen-bond acceptors (Lipinski definition) is 2. The van der Waals surface area contributed by atoms with Gasteiger partial charge in [-0.15, -0.1) is 0 Å². The fourth-order valence-electron chi connectivity index (χ4n) is 2.95. The van der Waals surface area contributed by atoms with Crippen LogP contribution in [0.25, 0.3) is 11.0 Å². The van der Waals surface area contributed by atoms with E-state index in [9.17, 15) is 4.39 Å². The molecule has 0 N–H and O–H groups in total. The summed E-state index contributed by atoms with van der Waals surface area (Å²) in [4.78, 5) is 4.32. The number of halogens is 2. The van der Waals surface area contributed by atoms with Crippen LogP contribution in [-0.4, -0.2) is 22.8 Å². The molecule has 2 atom stereocenters. The Morgan fingerprint density at radius 1 is 1.42 bits per heavy atom. The van der Waals surface area contributed by atoms with Gasteiger partial charge in [0.1, 0.15) is 11.3 Å². The molecule has 0 unspecified atom stereocenters. The van der Waals surface area contributed by atoms with Gasteiger partial charge >= 0.3 is 0 Å². The molecular weight excluding hydrogens is 311 g/mol. The Hall–Kier alpha value is -0.940. The third kappa shape index (κ3) is 2.41. The summed E-state index contributed by atoms with van der Waals surface area (Å²) in [6.07, 6.45) is 6.21. The highest BCUT2D eigenvalue weighted by molar-refractivity contribution is 9.10. The van der Waals surface area contributed by atoms with E-state index in [0.29, 0.717) is 11.0 Å². The lowest BCUT2D eigenvalue weighted by Crippen LogP contribution is -2.23. The molecule has 5 heteroatoms. The van der Waals surface area contributed by atoms with Crippen molar-refractivity contribution in [3.8, 4) is 0 Å². The van der Waals surface area contributed by atoms with E-state index in [2.05, 4.69) is 20.9 Å². The second-order valence-electron chi connectivity index (χ2n) is 5.09. The van der Waals surface area contributed by atoms with Gasteiger partial charge in [-0.1, -0.05) is 15.9 Å². The summed E-state index contributed by atoms with van der Waals surface area (Å²) in [7, 11) is 1.75. The van der Waals surface area contributed by atoms with Crippen LogP contribution in [-0.2, 0) is 4.74 Å². The number of fused-ring (bicyclic) bond motifs is 1. The van der Waals surface area contributed by atoms with Gasteiger partial charge in [-0.05, 0) is 37.8 Å². The highest BCUT2D eigenvalue weighted by atomic mass is 79.9. The van der Waals surface area contributed by atoms with Crippen molar-refractivity contribution in [2.75, 3.05) is 7.11 Å². The minimum absolute atomic E-state index is 0.221. The molecule has 0 saturated heterocycles. The van der Waals surface area contributed by atoms with E-state index >= 15 is 0 Å². The van der Waals surface area contributed by atoms with Crippen molar-refractivity contribution in [1.82, 2.24) is 9.55 Å². The topological polar surface area (TPSA) is 27.1 Å². The quantitative estimate of drug-likeness (QED) is 0.831. The highest BCUT2D eigenvalue weighted by Gasteiger charge is 2.25. The second kappa shape index (κ2) is 5.21. The van der Waals surface area contributed by atoms with Gasteiger partial charge in [-0.3, -0.25) is 0 Å². The minimum atomic E-state index is -0.221. The van der Waals surface area contributed by atoms with E-state index in [1.165, 1.54) is 6.07 Å². The molecule has 1 aromatic carbocycles. The third-order valence-corrected chi connectivity index (χ3v) is 4.37. The van der Waals surface area contributed by atoms with Gasteiger partial charge in [0.05, 0.1) is 17.9 Å². The molecular formula is C14H16BrFN2O. The number of benzene rings is 1. The van der Waals surface area contributed by atoms with Gasteiger partial charge in [-0.25, -0.2) is 9.37 Å². The Labute approximate surface area is 119 Å². The normalized spacial score (nSPS) is 23.9. The smallest absolute Gasteiger partial charge is 0.150 e. The molecule has 3 nitrogen and oxygen atoms in total. The monoisotopic (exact) mass is 326 g/mol. The number of methoxy groups -OCH3 is 1. The van der Waals surface area contributed by atoms with Gasteiger partial charge in [0.25, 0.3) is 0 Å². The summed E-state index contributed by atoms with van der Waals surface area (Å²) in [5.41, 5.74) is 1.30. The molecule has 0 bridgehead atoms. The number of aromatic nitrogens is 2. The molecule has 1 aliphatic carbocycles. The molecule has 1 heterocycles. The van der Waals surface area contributed by atoms with E-state index in [1.54, 1.807) is 13.4 Å². The zero-order valence-electron chi connectivity index (χ0n) is 10.8. The first-order chi connectivity index (χ1) is 9.19. The predicted molar refractivity (Wildman–Crippen MR) is 75.7 cm³/mol. The molecule has 1 fully saturated rings. The molecule has 1 saturated carbocycles. The summed E-state index contributed by atoms with van der Waals surface area (Å²) in [6, 6.07) is 3.63. The van der Waals surface area contributed by atoms with Crippen LogP contribution >= 0.6 is 15.9 Å². The molecule has 1 aliphatic rings. The van der Waals surface area contributed by atoms with Crippen LogP contribution in [0.5, 0.6) is 0 Å². The Balaban J connectivity index is 2.01. The minimum Gasteiger partial charge on any atom is -0.381 e. The van der Waals surface area contributed by atoms with E-state index in [-0.39, 0.29) is 18.0 Å². The van der Waals surface area contributed by atoms with Crippen molar-refractivity contribution in [3.63, 3.8) is 0 Å². The fraction of sp³-hybridized carbons (Fsp3) is 0.500. The van der Waals surface area contributed by atoms with Crippen LogP contribution < -0.4 is 0 Å². The van der Waals surface area contributed by atoms with Crippen molar-refractivity contribution < 1.29 is 9.13 Å².